The molecule has 2 heterocycles. The van der Waals surface area contributed by atoms with Crippen LogP contribution in [0.1, 0.15) is 13.8 Å². The smallest absolute Gasteiger partial charge is 0.350 e. The van der Waals surface area contributed by atoms with E-state index in [1.54, 1.807) is 42.5 Å². The van der Waals surface area contributed by atoms with E-state index in [1.807, 2.05) is 0 Å². The molecule has 1 fully saturated rings. The standard InChI is InChI=1S/C20H17NO7/c1-20(2)27-18(22)15(19(23)28-20)10-21-12-3-5-13(6-4-12)26-14-7-8-16-17(9-14)25-11-24-16/h3-10,21H,11H2,1-2H3. The molecule has 8 heteroatoms. The number of hydrogen-bond acceptors (Lipinski definition) is 8. The molecule has 2 aliphatic heterocycles. The number of rotatable bonds is 4. The topological polar surface area (TPSA) is 92.3 Å². The normalized spacial score (nSPS) is 16.9. The zero-order valence-electron chi connectivity index (χ0n) is 15.2. The molecule has 0 radical (unpaired) electrons. The number of nitrogens with one attached hydrogen (secondary N) is 1. The van der Waals surface area contributed by atoms with Crippen LogP contribution in [-0.4, -0.2) is 24.5 Å². The quantitative estimate of drug-likeness (QED) is 0.488. The van der Waals surface area contributed by atoms with Crippen LogP contribution in [-0.2, 0) is 19.1 Å². The molecule has 0 spiro atoms. The Balaban J connectivity index is 1.41. The van der Waals surface area contributed by atoms with Crippen LogP contribution in [0.15, 0.2) is 54.2 Å². The molecular formula is C20H17NO7. The first-order chi connectivity index (χ1) is 13.4. The van der Waals surface area contributed by atoms with Gasteiger partial charge in [-0.1, -0.05) is 0 Å². The number of ether oxygens (including phenoxy) is 5. The first-order valence-corrected chi connectivity index (χ1v) is 8.51. The van der Waals surface area contributed by atoms with Crippen molar-refractivity contribution in [2.24, 2.45) is 0 Å². The molecule has 28 heavy (non-hydrogen) atoms. The van der Waals surface area contributed by atoms with E-state index < -0.39 is 17.7 Å². The maximum Gasteiger partial charge on any atom is 0.350 e. The van der Waals surface area contributed by atoms with E-state index in [2.05, 4.69) is 5.32 Å². The summed E-state index contributed by atoms with van der Waals surface area (Å²) in [6.07, 6.45) is 1.26. The van der Waals surface area contributed by atoms with Crippen LogP contribution in [0.25, 0.3) is 0 Å². The molecule has 0 amide bonds. The molecule has 144 valence electrons. The van der Waals surface area contributed by atoms with Crippen molar-refractivity contribution in [3.05, 3.63) is 54.2 Å². The van der Waals surface area contributed by atoms with Crippen LogP contribution in [0.5, 0.6) is 23.0 Å². The summed E-state index contributed by atoms with van der Waals surface area (Å²) in [6.45, 7) is 3.19. The van der Waals surface area contributed by atoms with Gasteiger partial charge in [-0.15, -0.1) is 0 Å². The first kappa shape index (κ1) is 17.7. The number of benzene rings is 2. The molecule has 0 bridgehead atoms. The lowest BCUT2D eigenvalue weighted by Gasteiger charge is -2.29. The minimum Gasteiger partial charge on any atom is -0.457 e. The van der Waals surface area contributed by atoms with E-state index in [4.69, 9.17) is 23.7 Å². The zero-order chi connectivity index (χ0) is 19.7. The molecule has 0 unspecified atom stereocenters. The largest absolute Gasteiger partial charge is 0.457 e. The fourth-order valence-corrected chi connectivity index (χ4v) is 2.63. The van der Waals surface area contributed by atoms with Gasteiger partial charge in [-0.2, -0.15) is 0 Å². The van der Waals surface area contributed by atoms with Crippen molar-refractivity contribution in [1.29, 1.82) is 0 Å². The van der Waals surface area contributed by atoms with Crippen LogP contribution in [0.3, 0.4) is 0 Å². The van der Waals surface area contributed by atoms with Gasteiger partial charge in [0.15, 0.2) is 17.1 Å². The first-order valence-electron chi connectivity index (χ1n) is 8.51. The molecule has 0 aromatic heterocycles. The third-order valence-electron chi connectivity index (χ3n) is 3.93. The average molecular weight is 383 g/mol. The molecule has 0 saturated carbocycles. The number of hydrogen-bond donors (Lipinski definition) is 1. The Bertz CT molecular complexity index is 941. The van der Waals surface area contributed by atoms with Crippen LogP contribution in [0, 0.1) is 0 Å². The van der Waals surface area contributed by atoms with E-state index in [0.717, 1.165) is 0 Å². The molecule has 4 rings (SSSR count). The second-order valence-corrected chi connectivity index (χ2v) is 6.52. The summed E-state index contributed by atoms with van der Waals surface area (Å²) in [4.78, 5) is 23.8. The van der Waals surface area contributed by atoms with E-state index >= 15 is 0 Å². The third kappa shape index (κ3) is 3.71. The van der Waals surface area contributed by atoms with Crippen molar-refractivity contribution >= 4 is 17.6 Å². The van der Waals surface area contributed by atoms with E-state index in [1.165, 1.54) is 20.0 Å². The molecule has 1 N–H and O–H groups in total. The van der Waals surface area contributed by atoms with Crippen molar-refractivity contribution < 1.29 is 33.3 Å². The monoisotopic (exact) mass is 383 g/mol. The number of fused-ring (bicyclic) bond motifs is 1. The van der Waals surface area contributed by atoms with Gasteiger partial charge in [0.05, 0.1) is 0 Å². The Morgan fingerprint density at radius 2 is 1.57 bits per heavy atom. The number of carbonyl (C=O) groups is 2. The van der Waals surface area contributed by atoms with Crippen LogP contribution >= 0.6 is 0 Å². The van der Waals surface area contributed by atoms with Crippen LogP contribution < -0.4 is 19.5 Å². The number of esters is 2. The lowest BCUT2D eigenvalue weighted by atomic mass is 10.2. The lowest BCUT2D eigenvalue weighted by Crippen LogP contribution is -2.42. The highest BCUT2D eigenvalue weighted by Gasteiger charge is 2.38. The second-order valence-electron chi connectivity index (χ2n) is 6.52. The van der Waals surface area contributed by atoms with Crippen molar-refractivity contribution in [3.63, 3.8) is 0 Å². The van der Waals surface area contributed by atoms with Crippen LogP contribution in [0.2, 0.25) is 0 Å². The molecule has 2 aromatic carbocycles. The van der Waals surface area contributed by atoms with Gasteiger partial charge in [0.2, 0.25) is 6.79 Å². The summed E-state index contributed by atoms with van der Waals surface area (Å²) in [6, 6.07) is 12.3. The Hall–Kier alpha value is -3.68. The zero-order valence-corrected chi connectivity index (χ0v) is 15.2. The minimum atomic E-state index is -1.26. The second kappa shape index (κ2) is 6.80. The number of cyclic esters (lactones) is 2. The molecule has 1 saturated heterocycles. The summed E-state index contributed by atoms with van der Waals surface area (Å²) in [5, 5.41) is 2.87. The highest BCUT2D eigenvalue weighted by Crippen LogP contribution is 2.36. The van der Waals surface area contributed by atoms with E-state index in [-0.39, 0.29) is 12.4 Å². The van der Waals surface area contributed by atoms with Crippen molar-refractivity contribution in [1.82, 2.24) is 0 Å². The number of anilines is 1. The van der Waals surface area contributed by atoms with Gasteiger partial charge < -0.3 is 29.0 Å². The fourth-order valence-electron chi connectivity index (χ4n) is 2.63. The summed E-state index contributed by atoms with van der Waals surface area (Å²) in [7, 11) is 0. The minimum absolute atomic E-state index is 0.202. The average Bonchev–Trinajstić information content (AvgIpc) is 3.09. The SMILES string of the molecule is CC1(C)OC(=O)C(=CNc2ccc(Oc3ccc4c(c3)OCO4)cc2)C(=O)O1. The van der Waals surface area contributed by atoms with E-state index in [0.29, 0.717) is 28.7 Å². The van der Waals surface area contributed by atoms with Crippen molar-refractivity contribution in [2.75, 3.05) is 12.1 Å². The van der Waals surface area contributed by atoms with Gasteiger partial charge in [0.25, 0.3) is 5.79 Å². The van der Waals surface area contributed by atoms with E-state index in [9.17, 15) is 9.59 Å². The molecule has 0 atom stereocenters. The Morgan fingerprint density at radius 3 is 2.29 bits per heavy atom. The highest BCUT2D eigenvalue weighted by molar-refractivity contribution is 6.15. The lowest BCUT2D eigenvalue weighted by molar-refractivity contribution is -0.222. The molecular weight excluding hydrogens is 366 g/mol. The summed E-state index contributed by atoms with van der Waals surface area (Å²) < 4.78 is 26.4. The number of carbonyl (C=O) groups excluding carboxylic acids is 2. The van der Waals surface area contributed by atoms with Crippen molar-refractivity contribution in [3.8, 4) is 23.0 Å². The maximum absolute atomic E-state index is 11.9. The molecule has 2 aromatic rings. The maximum atomic E-state index is 11.9. The Morgan fingerprint density at radius 1 is 0.929 bits per heavy atom. The molecule has 2 aliphatic rings. The molecule has 8 nitrogen and oxygen atoms in total. The van der Waals surface area contributed by atoms with Gasteiger partial charge in [0.1, 0.15) is 11.5 Å². The van der Waals surface area contributed by atoms with Crippen LogP contribution in [0.4, 0.5) is 5.69 Å². The van der Waals surface area contributed by atoms with Gasteiger partial charge in [0, 0.05) is 31.8 Å². The Labute approximate surface area is 160 Å². The van der Waals surface area contributed by atoms with Crippen molar-refractivity contribution in [2.45, 2.75) is 19.6 Å². The van der Waals surface area contributed by atoms with Gasteiger partial charge >= 0.3 is 11.9 Å². The summed E-state index contributed by atoms with van der Waals surface area (Å²) in [5.41, 5.74) is 0.441. The third-order valence-corrected chi connectivity index (χ3v) is 3.93. The highest BCUT2D eigenvalue weighted by atomic mass is 16.7. The fraction of sp³-hybridized carbons (Fsp3) is 0.200. The molecule has 0 aliphatic carbocycles. The summed E-state index contributed by atoms with van der Waals surface area (Å²) >= 11 is 0. The predicted octanol–water partition coefficient (Wildman–Crippen LogP) is 3.34. The van der Waals surface area contributed by atoms with Gasteiger partial charge in [-0.3, -0.25) is 0 Å². The summed E-state index contributed by atoms with van der Waals surface area (Å²) in [5.74, 6) is -0.204. The Kier molecular flexibility index (Phi) is 4.31. The van der Waals surface area contributed by atoms with Gasteiger partial charge in [-0.25, -0.2) is 9.59 Å². The van der Waals surface area contributed by atoms with Gasteiger partial charge in [-0.05, 0) is 36.4 Å². The predicted molar refractivity (Wildman–Crippen MR) is 97.0 cm³/mol.